The Hall–Kier alpha value is -1.90. The van der Waals surface area contributed by atoms with Gasteiger partial charge in [-0.15, -0.1) is 0 Å². The van der Waals surface area contributed by atoms with Crippen LogP contribution in [-0.4, -0.2) is 82.7 Å². The van der Waals surface area contributed by atoms with Gasteiger partial charge in [0, 0.05) is 69.0 Å². The Morgan fingerprint density at radius 2 is 1.83 bits per heavy atom. The van der Waals surface area contributed by atoms with Gasteiger partial charge in [-0.3, -0.25) is 9.88 Å². The summed E-state index contributed by atoms with van der Waals surface area (Å²) in [6.45, 7) is 6.60. The fraction of sp³-hybridized carbons (Fsp3) is 0.556. The number of hydrogen-bond acceptors (Lipinski definition) is 5. The molecule has 2 N–H and O–H groups in total. The summed E-state index contributed by atoms with van der Waals surface area (Å²) in [6.07, 6.45) is 8.46. The van der Waals surface area contributed by atoms with Crippen LogP contribution in [0.2, 0.25) is 10.0 Å². The zero-order valence-corrected chi connectivity index (χ0v) is 22.1. The van der Waals surface area contributed by atoms with Gasteiger partial charge in [-0.1, -0.05) is 29.3 Å². The normalized spacial score (nSPS) is 27.8. The summed E-state index contributed by atoms with van der Waals surface area (Å²) >= 11 is 12.0. The van der Waals surface area contributed by atoms with Crippen molar-refractivity contribution in [3.63, 3.8) is 0 Å². The van der Waals surface area contributed by atoms with Crippen molar-refractivity contribution >= 4 is 34.9 Å². The number of anilines is 1. The molecule has 3 heterocycles. The molecule has 0 bridgehead atoms. The number of carbonyl (C=O) groups is 1. The molecule has 2 saturated heterocycles. The van der Waals surface area contributed by atoms with E-state index in [1.165, 1.54) is 6.42 Å². The van der Waals surface area contributed by atoms with E-state index < -0.39 is 5.60 Å². The fourth-order valence-corrected chi connectivity index (χ4v) is 6.29. The van der Waals surface area contributed by atoms with Crippen molar-refractivity contribution in [3.05, 3.63) is 58.3 Å². The van der Waals surface area contributed by atoms with Gasteiger partial charge in [0.2, 0.25) is 0 Å². The summed E-state index contributed by atoms with van der Waals surface area (Å²) in [5, 5.41) is 15.0. The number of nitrogens with zero attached hydrogens (tertiary/aromatic N) is 4. The van der Waals surface area contributed by atoms with Crippen LogP contribution < -0.4 is 5.32 Å². The second-order valence-corrected chi connectivity index (χ2v) is 11.3. The van der Waals surface area contributed by atoms with E-state index in [0.717, 1.165) is 77.1 Å². The van der Waals surface area contributed by atoms with Crippen molar-refractivity contribution in [2.24, 2.45) is 5.92 Å². The average Bonchev–Trinajstić information content (AvgIpc) is 3.36. The van der Waals surface area contributed by atoms with Crippen LogP contribution in [0.5, 0.6) is 0 Å². The maximum atomic E-state index is 12.7. The minimum atomic E-state index is -0.727. The second-order valence-electron chi connectivity index (χ2n) is 10.5. The van der Waals surface area contributed by atoms with Gasteiger partial charge >= 0.3 is 6.03 Å². The lowest BCUT2D eigenvalue weighted by atomic mass is 9.78. The number of hydrogen-bond donors (Lipinski definition) is 2. The Balaban J connectivity index is 1.04. The van der Waals surface area contributed by atoms with Gasteiger partial charge in [-0.05, 0) is 68.8 Å². The first kappa shape index (κ1) is 25.7. The van der Waals surface area contributed by atoms with Crippen LogP contribution in [0.25, 0.3) is 0 Å². The molecule has 0 radical (unpaired) electrons. The molecule has 2 aliphatic heterocycles. The lowest BCUT2D eigenvalue weighted by molar-refractivity contribution is -0.0229. The molecule has 5 rings (SSSR count). The van der Waals surface area contributed by atoms with E-state index in [1.54, 1.807) is 24.4 Å². The summed E-state index contributed by atoms with van der Waals surface area (Å²) in [6, 6.07) is 9.51. The molecule has 3 aliphatic rings. The molecule has 1 saturated carbocycles. The third-order valence-corrected chi connectivity index (χ3v) is 8.90. The zero-order valence-electron chi connectivity index (χ0n) is 20.6. The van der Waals surface area contributed by atoms with Crippen molar-refractivity contribution in [1.29, 1.82) is 0 Å². The quantitative estimate of drug-likeness (QED) is 0.585. The number of amides is 2. The summed E-state index contributed by atoms with van der Waals surface area (Å²) in [5.41, 5.74) is 0.882. The molecule has 1 aliphatic carbocycles. The molecular weight excluding hydrogens is 497 g/mol. The van der Waals surface area contributed by atoms with Crippen LogP contribution in [0.4, 0.5) is 10.5 Å². The minimum Gasteiger partial charge on any atom is -0.385 e. The fourth-order valence-electron chi connectivity index (χ4n) is 5.99. The van der Waals surface area contributed by atoms with Crippen LogP contribution in [-0.2, 0) is 5.60 Å². The number of benzene rings is 1. The number of pyridine rings is 1. The van der Waals surface area contributed by atoms with E-state index >= 15 is 0 Å². The summed E-state index contributed by atoms with van der Waals surface area (Å²) in [5.74, 6) is 0.667. The predicted octanol–water partition coefficient (Wildman–Crippen LogP) is 4.69. The third-order valence-electron chi connectivity index (χ3n) is 8.16. The van der Waals surface area contributed by atoms with E-state index in [9.17, 15) is 9.90 Å². The van der Waals surface area contributed by atoms with Crippen LogP contribution in [0.15, 0.2) is 42.7 Å². The largest absolute Gasteiger partial charge is 0.385 e. The first-order valence-corrected chi connectivity index (χ1v) is 13.8. The third kappa shape index (κ3) is 5.97. The molecule has 0 unspecified atom stereocenters. The standard InChI is InChI=1S/C27H35Cl2N5O2/c28-24-4-3-22(16-25(24)29)31-26(35)33-14-12-32(13-15-33)18-20-7-11-34(19-20)23-5-8-27(36,9-6-23)21-2-1-10-30-17-21/h1-4,10,16-17,20,23,36H,5-9,11-15,18-19H2,(H,31,35)/t20-,23?,27?/m1/s1. The Labute approximate surface area is 223 Å². The van der Waals surface area contributed by atoms with Crippen LogP contribution >= 0.6 is 23.2 Å². The number of piperazine rings is 1. The van der Waals surface area contributed by atoms with Crippen LogP contribution in [0.1, 0.15) is 37.7 Å². The van der Waals surface area contributed by atoms with Gasteiger partial charge < -0.3 is 20.2 Å². The zero-order chi connectivity index (χ0) is 25.1. The molecular formula is C27H35Cl2N5O2. The van der Waals surface area contributed by atoms with Crippen molar-refractivity contribution in [2.75, 3.05) is 51.1 Å². The lowest BCUT2D eigenvalue weighted by Crippen LogP contribution is -2.51. The number of rotatable bonds is 5. The Kier molecular flexibility index (Phi) is 8.03. The van der Waals surface area contributed by atoms with E-state index in [2.05, 4.69) is 20.1 Å². The molecule has 194 valence electrons. The smallest absolute Gasteiger partial charge is 0.321 e. The molecule has 9 heteroatoms. The van der Waals surface area contributed by atoms with Gasteiger partial charge in [0.25, 0.3) is 0 Å². The van der Waals surface area contributed by atoms with Gasteiger partial charge in [-0.2, -0.15) is 0 Å². The molecule has 1 aromatic heterocycles. The molecule has 36 heavy (non-hydrogen) atoms. The SMILES string of the molecule is O=C(Nc1ccc(Cl)c(Cl)c1)N1CCN(C[C@H]2CCN(C3CCC(O)(c4cccnc4)CC3)C2)CC1. The first-order chi connectivity index (χ1) is 17.4. The number of nitrogens with one attached hydrogen (secondary N) is 1. The van der Waals surface area contributed by atoms with Gasteiger partial charge in [-0.25, -0.2) is 4.79 Å². The predicted molar refractivity (Wildman–Crippen MR) is 144 cm³/mol. The van der Waals surface area contributed by atoms with Crippen LogP contribution in [0.3, 0.4) is 0 Å². The highest BCUT2D eigenvalue weighted by Gasteiger charge is 2.38. The highest BCUT2D eigenvalue weighted by Crippen LogP contribution is 2.39. The number of aromatic nitrogens is 1. The van der Waals surface area contributed by atoms with Crippen LogP contribution in [0, 0.1) is 5.92 Å². The molecule has 2 aromatic rings. The summed E-state index contributed by atoms with van der Waals surface area (Å²) in [7, 11) is 0. The first-order valence-electron chi connectivity index (χ1n) is 13.0. The highest BCUT2D eigenvalue weighted by molar-refractivity contribution is 6.42. The van der Waals surface area contributed by atoms with Gasteiger partial charge in [0.1, 0.15) is 0 Å². The monoisotopic (exact) mass is 531 g/mol. The molecule has 2 amide bonds. The molecule has 3 fully saturated rings. The minimum absolute atomic E-state index is 0.0939. The Bertz CT molecular complexity index is 1040. The van der Waals surface area contributed by atoms with Gasteiger partial charge in [0.15, 0.2) is 0 Å². The summed E-state index contributed by atoms with van der Waals surface area (Å²) < 4.78 is 0. The maximum absolute atomic E-state index is 12.7. The van der Waals surface area contributed by atoms with Gasteiger partial charge in [0.05, 0.1) is 15.6 Å². The number of likely N-dealkylation sites (tertiary alicyclic amines) is 1. The van der Waals surface area contributed by atoms with E-state index in [1.807, 2.05) is 23.2 Å². The van der Waals surface area contributed by atoms with Crippen molar-refractivity contribution < 1.29 is 9.90 Å². The Morgan fingerprint density at radius 3 is 2.53 bits per heavy atom. The average molecular weight is 533 g/mol. The van der Waals surface area contributed by atoms with E-state index in [-0.39, 0.29) is 6.03 Å². The Morgan fingerprint density at radius 1 is 1.06 bits per heavy atom. The molecule has 1 atom stereocenters. The number of carbonyl (C=O) groups excluding carboxylic acids is 1. The number of aliphatic hydroxyl groups is 1. The summed E-state index contributed by atoms with van der Waals surface area (Å²) in [4.78, 5) is 23.9. The number of halogens is 2. The number of urea groups is 1. The second kappa shape index (κ2) is 11.2. The lowest BCUT2D eigenvalue weighted by Gasteiger charge is -2.40. The highest BCUT2D eigenvalue weighted by atomic mass is 35.5. The molecule has 7 nitrogen and oxygen atoms in total. The van der Waals surface area contributed by atoms with Crippen molar-refractivity contribution in [2.45, 2.75) is 43.7 Å². The molecule has 1 aromatic carbocycles. The van der Waals surface area contributed by atoms with E-state index in [4.69, 9.17) is 23.2 Å². The van der Waals surface area contributed by atoms with Crippen molar-refractivity contribution in [3.8, 4) is 0 Å². The topological polar surface area (TPSA) is 71.9 Å². The molecule has 0 spiro atoms. The maximum Gasteiger partial charge on any atom is 0.321 e. The van der Waals surface area contributed by atoms with E-state index in [0.29, 0.717) is 27.7 Å². The van der Waals surface area contributed by atoms with Crippen molar-refractivity contribution in [1.82, 2.24) is 19.7 Å².